The lowest BCUT2D eigenvalue weighted by atomic mass is 9.79. The summed E-state index contributed by atoms with van der Waals surface area (Å²) in [7, 11) is 0. The molecule has 0 bridgehead atoms. The molecule has 0 saturated heterocycles. The second kappa shape index (κ2) is 6.31. The van der Waals surface area contributed by atoms with E-state index >= 15 is 0 Å². The average molecular weight is 261 g/mol. The van der Waals surface area contributed by atoms with Gasteiger partial charge in [-0.15, -0.1) is 0 Å². The van der Waals surface area contributed by atoms with E-state index in [1.54, 1.807) is 0 Å². The number of anilines is 1. The maximum absolute atomic E-state index is 5.87. The molecule has 2 heteroatoms. The summed E-state index contributed by atoms with van der Waals surface area (Å²) in [6.07, 6.45) is 4.07. The van der Waals surface area contributed by atoms with Crippen molar-refractivity contribution >= 4 is 5.69 Å². The lowest BCUT2D eigenvalue weighted by molar-refractivity contribution is 0.241. The molecule has 0 heterocycles. The summed E-state index contributed by atoms with van der Waals surface area (Å²) in [5, 5.41) is 3.68. The van der Waals surface area contributed by atoms with Crippen molar-refractivity contribution in [1.82, 2.24) is 0 Å². The van der Waals surface area contributed by atoms with E-state index in [0.29, 0.717) is 6.04 Å². The summed E-state index contributed by atoms with van der Waals surface area (Å²) in [4.78, 5) is 0. The Balaban J connectivity index is 2.02. The summed E-state index contributed by atoms with van der Waals surface area (Å²) in [6, 6.07) is 8.87. The van der Waals surface area contributed by atoms with E-state index in [2.05, 4.69) is 51.2 Å². The molecule has 0 aliphatic heterocycles. The molecule has 2 rings (SSSR count). The van der Waals surface area contributed by atoms with Crippen molar-refractivity contribution in [3.05, 3.63) is 24.3 Å². The Hall–Kier alpha value is -1.18. The van der Waals surface area contributed by atoms with Crippen LogP contribution in [0.1, 0.15) is 47.0 Å². The Bertz CT molecular complexity index is 402. The molecule has 19 heavy (non-hydrogen) atoms. The van der Waals surface area contributed by atoms with Crippen LogP contribution in [0, 0.1) is 11.8 Å². The zero-order chi connectivity index (χ0) is 13.8. The monoisotopic (exact) mass is 261 g/mol. The molecule has 3 atom stereocenters. The van der Waals surface area contributed by atoms with Gasteiger partial charge in [0.15, 0.2) is 0 Å². The fourth-order valence-electron chi connectivity index (χ4n) is 2.84. The molecular formula is C17H27NO. The lowest BCUT2D eigenvalue weighted by Crippen LogP contribution is -2.30. The van der Waals surface area contributed by atoms with Gasteiger partial charge >= 0.3 is 0 Å². The second-order valence-electron chi connectivity index (χ2n) is 6.27. The van der Waals surface area contributed by atoms with Crippen molar-refractivity contribution in [2.75, 3.05) is 5.32 Å². The molecule has 106 valence electrons. The highest BCUT2D eigenvalue weighted by molar-refractivity contribution is 5.56. The number of ether oxygens (including phenoxy) is 1. The van der Waals surface area contributed by atoms with Crippen molar-refractivity contribution in [2.45, 2.75) is 59.1 Å². The maximum Gasteiger partial charge on any atom is 0.142 e. The molecule has 2 nitrogen and oxygen atoms in total. The molecule has 0 amide bonds. The fourth-order valence-corrected chi connectivity index (χ4v) is 2.84. The zero-order valence-corrected chi connectivity index (χ0v) is 12.6. The van der Waals surface area contributed by atoms with Gasteiger partial charge in [0.2, 0.25) is 0 Å². The first kappa shape index (κ1) is 14.2. The topological polar surface area (TPSA) is 21.3 Å². The van der Waals surface area contributed by atoms with Crippen LogP contribution >= 0.6 is 0 Å². The van der Waals surface area contributed by atoms with Gasteiger partial charge in [0.05, 0.1) is 11.8 Å². The first-order chi connectivity index (χ1) is 9.06. The molecule has 0 radical (unpaired) electrons. The second-order valence-corrected chi connectivity index (χ2v) is 6.27. The third kappa shape index (κ3) is 3.89. The summed E-state index contributed by atoms with van der Waals surface area (Å²) >= 11 is 0. The van der Waals surface area contributed by atoms with E-state index in [0.717, 1.165) is 23.3 Å². The number of hydrogen-bond donors (Lipinski definition) is 1. The SMILES string of the molecule is CC(C)Oc1ccccc1NC1CCC(C)C(C)C1. The van der Waals surface area contributed by atoms with Gasteiger partial charge in [0.1, 0.15) is 5.75 Å². The van der Waals surface area contributed by atoms with Crippen LogP contribution in [0.2, 0.25) is 0 Å². The minimum Gasteiger partial charge on any atom is -0.489 e. The molecule has 1 fully saturated rings. The van der Waals surface area contributed by atoms with Crippen molar-refractivity contribution < 1.29 is 4.74 Å². The van der Waals surface area contributed by atoms with Crippen LogP contribution in [-0.4, -0.2) is 12.1 Å². The highest BCUT2D eigenvalue weighted by Gasteiger charge is 2.24. The zero-order valence-electron chi connectivity index (χ0n) is 12.6. The van der Waals surface area contributed by atoms with Gasteiger partial charge in [-0.25, -0.2) is 0 Å². The molecule has 0 spiro atoms. The third-order valence-electron chi connectivity index (χ3n) is 4.21. The molecule has 0 aromatic heterocycles. The molecule has 1 aliphatic carbocycles. The third-order valence-corrected chi connectivity index (χ3v) is 4.21. The molecule has 1 aromatic rings. The largest absolute Gasteiger partial charge is 0.489 e. The first-order valence-electron chi connectivity index (χ1n) is 7.58. The van der Waals surface area contributed by atoms with E-state index in [9.17, 15) is 0 Å². The fraction of sp³-hybridized carbons (Fsp3) is 0.647. The van der Waals surface area contributed by atoms with E-state index in [4.69, 9.17) is 4.74 Å². The smallest absolute Gasteiger partial charge is 0.142 e. The number of benzene rings is 1. The van der Waals surface area contributed by atoms with Gasteiger partial charge in [0, 0.05) is 6.04 Å². The Kier molecular flexibility index (Phi) is 4.73. The molecule has 1 N–H and O–H groups in total. The molecular weight excluding hydrogens is 234 g/mol. The summed E-state index contributed by atoms with van der Waals surface area (Å²) < 4.78 is 5.87. The number of hydrogen-bond acceptors (Lipinski definition) is 2. The normalized spacial score (nSPS) is 27.3. The molecule has 1 aliphatic rings. The van der Waals surface area contributed by atoms with Gasteiger partial charge in [0.25, 0.3) is 0 Å². The Morgan fingerprint density at radius 3 is 2.53 bits per heavy atom. The van der Waals surface area contributed by atoms with Crippen LogP contribution in [0.3, 0.4) is 0 Å². The molecule has 3 unspecified atom stereocenters. The van der Waals surface area contributed by atoms with Crippen LogP contribution in [0.15, 0.2) is 24.3 Å². The van der Waals surface area contributed by atoms with Gasteiger partial charge in [-0.3, -0.25) is 0 Å². The first-order valence-corrected chi connectivity index (χ1v) is 7.58. The lowest BCUT2D eigenvalue weighted by Gasteiger charge is -2.33. The Morgan fingerprint density at radius 2 is 1.84 bits per heavy atom. The van der Waals surface area contributed by atoms with Crippen LogP contribution in [-0.2, 0) is 0 Å². The highest BCUT2D eigenvalue weighted by atomic mass is 16.5. The van der Waals surface area contributed by atoms with E-state index < -0.39 is 0 Å². The van der Waals surface area contributed by atoms with E-state index in [1.807, 2.05) is 6.07 Å². The summed E-state index contributed by atoms with van der Waals surface area (Å²) in [5.74, 6) is 2.65. The number of rotatable bonds is 4. The van der Waals surface area contributed by atoms with Gasteiger partial charge in [-0.05, 0) is 57.1 Å². The Labute approximate surface area is 117 Å². The summed E-state index contributed by atoms with van der Waals surface area (Å²) in [5.41, 5.74) is 1.14. The quantitative estimate of drug-likeness (QED) is 0.847. The van der Waals surface area contributed by atoms with Crippen molar-refractivity contribution in [2.24, 2.45) is 11.8 Å². The minimum absolute atomic E-state index is 0.216. The predicted molar refractivity (Wildman–Crippen MR) is 81.8 cm³/mol. The maximum atomic E-state index is 5.87. The molecule has 1 saturated carbocycles. The van der Waals surface area contributed by atoms with Crippen molar-refractivity contribution in [3.8, 4) is 5.75 Å². The van der Waals surface area contributed by atoms with Crippen LogP contribution < -0.4 is 10.1 Å². The number of nitrogens with one attached hydrogen (secondary N) is 1. The number of para-hydroxylation sites is 2. The van der Waals surface area contributed by atoms with Crippen molar-refractivity contribution in [3.63, 3.8) is 0 Å². The van der Waals surface area contributed by atoms with Gasteiger partial charge < -0.3 is 10.1 Å². The minimum atomic E-state index is 0.216. The van der Waals surface area contributed by atoms with Gasteiger partial charge in [-0.2, -0.15) is 0 Å². The van der Waals surface area contributed by atoms with Crippen LogP contribution in [0.25, 0.3) is 0 Å². The Morgan fingerprint density at radius 1 is 1.11 bits per heavy atom. The highest BCUT2D eigenvalue weighted by Crippen LogP contribution is 2.33. The average Bonchev–Trinajstić information content (AvgIpc) is 2.36. The molecule has 1 aromatic carbocycles. The summed E-state index contributed by atoms with van der Waals surface area (Å²) in [6.45, 7) is 8.88. The van der Waals surface area contributed by atoms with E-state index in [-0.39, 0.29) is 6.10 Å². The predicted octanol–water partition coefficient (Wildman–Crippen LogP) is 4.71. The standard InChI is InChI=1S/C17H27NO/c1-12(2)19-17-8-6-5-7-16(17)18-15-10-9-13(3)14(4)11-15/h5-8,12-15,18H,9-11H2,1-4H3. The van der Waals surface area contributed by atoms with Crippen molar-refractivity contribution in [1.29, 1.82) is 0 Å². The van der Waals surface area contributed by atoms with E-state index in [1.165, 1.54) is 19.3 Å². The van der Waals surface area contributed by atoms with Crippen LogP contribution in [0.5, 0.6) is 5.75 Å². The van der Waals surface area contributed by atoms with Gasteiger partial charge in [-0.1, -0.05) is 26.0 Å². The van der Waals surface area contributed by atoms with Crippen LogP contribution in [0.4, 0.5) is 5.69 Å².